The number of hydrogen-bond acceptors (Lipinski definition) is 2. The van der Waals surface area contributed by atoms with Crippen LogP contribution in [0, 0.1) is 11.8 Å². The Hall–Kier alpha value is -0.830. The first-order chi connectivity index (χ1) is 7.22. The highest BCUT2D eigenvalue weighted by molar-refractivity contribution is 5.70. The van der Waals surface area contributed by atoms with Gasteiger partial charge in [0.25, 0.3) is 0 Å². The number of carboxylic acids is 1. The quantitative estimate of drug-likeness (QED) is 0.724. The molecule has 2 bridgehead atoms. The molecule has 84 valence electrons. The van der Waals surface area contributed by atoms with Crippen LogP contribution >= 0.6 is 0 Å². The summed E-state index contributed by atoms with van der Waals surface area (Å²) in [6.07, 6.45) is 8.18. The Labute approximate surface area is 90.1 Å². The van der Waals surface area contributed by atoms with Crippen molar-refractivity contribution >= 4 is 5.97 Å². The Balaban J connectivity index is 2.02. The van der Waals surface area contributed by atoms with E-state index in [1.54, 1.807) is 0 Å². The average molecular weight is 210 g/mol. The lowest BCUT2D eigenvalue weighted by atomic mass is 9.78. The van der Waals surface area contributed by atoms with Crippen LogP contribution in [0.3, 0.4) is 0 Å². The summed E-state index contributed by atoms with van der Waals surface area (Å²) in [6.45, 7) is 1.93. The van der Waals surface area contributed by atoms with Gasteiger partial charge in [-0.05, 0) is 32.6 Å². The van der Waals surface area contributed by atoms with Crippen molar-refractivity contribution in [2.24, 2.45) is 11.8 Å². The SMILES string of the molecule is CC=CCC(C(=O)O)C1CC2CCC1O2. The van der Waals surface area contributed by atoms with Gasteiger partial charge in [-0.15, -0.1) is 0 Å². The number of hydrogen-bond donors (Lipinski definition) is 1. The average Bonchev–Trinajstić information content (AvgIpc) is 2.79. The zero-order valence-electron chi connectivity index (χ0n) is 9.06. The van der Waals surface area contributed by atoms with Crippen molar-refractivity contribution in [3.8, 4) is 0 Å². The summed E-state index contributed by atoms with van der Waals surface area (Å²) in [5.41, 5.74) is 0. The summed E-state index contributed by atoms with van der Waals surface area (Å²) < 4.78 is 5.71. The van der Waals surface area contributed by atoms with Gasteiger partial charge in [0, 0.05) is 5.92 Å². The van der Waals surface area contributed by atoms with Crippen LogP contribution in [0.2, 0.25) is 0 Å². The number of carbonyl (C=O) groups is 1. The maximum absolute atomic E-state index is 11.2. The molecule has 1 N–H and O–H groups in total. The minimum atomic E-state index is -0.672. The summed E-state index contributed by atoms with van der Waals surface area (Å²) in [4.78, 5) is 11.2. The topological polar surface area (TPSA) is 46.5 Å². The van der Waals surface area contributed by atoms with Gasteiger partial charge in [0.2, 0.25) is 0 Å². The molecular weight excluding hydrogens is 192 g/mol. The summed E-state index contributed by atoms with van der Waals surface area (Å²) >= 11 is 0. The van der Waals surface area contributed by atoms with Crippen LogP contribution in [0.25, 0.3) is 0 Å². The van der Waals surface area contributed by atoms with Gasteiger partial charge in [-0.2, -0.15) is 0 Å². The molecule has 0 amide bonds. The Morgan fingerprint density at radius 1 is 1.60 bits per heavy atom. The molecule has 4 unspecified atom stereocenters. The zero-order chi connectivity index (χ0) is 10.8. The maximum atomic E-state index is 11.2. The number of ether oxygens (including phenoxy) is 1. The molecule has 2 aliphatic rings. The second-order valence-electron chi connectivity index (χ2n) is 4.52. The third-order valence-corrected chi connectivity index (χ3v) is 3.61. The summed E-state index contributed by atoms with van der Waals surface area (Å²) in [6, 6.07) is 0. The molecule has 2 heterocycles. The number of carboxylic acid groups (broad SMARTS) is 1. The summed E-state index contributed by atoms with van der Waals surface area (Å²) in [5, 5.41) is 9.20. The molecule has 0 aromatic heterocycles. The van der Waals surface area contributed by atoms with Gasteiger partial charge in [-0.3, -0.25) is 4.79 Å². The molecule has 0 saturated carbocycles. The van der Waals surface area contributed by atoms with Crippen LogP contribution in [0.4, 0.5) is 0 Å². The normalized spacial score (nSPS) is 36.2. The van der Waals surface area contributed by atoms with Gasteiger partial charge in [0.05, 0.1) is 18.1 Å². The van der Waals surface area contributed by atoms with E-state index in [-0.39, 0.29) is 17.9 Å². The summed E-state index contributed by atoms with van der Waals surface area (Å²) in [7, 11) is 0. The van der Waals surface area contributed by atoms with Gasteiger partial charge in [-0.25, -0.2) is 0 Å². The smallest absolute Gasteiger partial charge is 0.307 e. The Bertz CT molecular complexity index is 272. The first-order valence-electron chi connectivity index (χ1n) is 5.71. The third-order valence-electron chi connectivity index (χ3n) is 3.61. The predicted octanol–water partition coefficient (Wildman–Crippen LogP) is 2.22. The molecule has 0 aromatic carbocycles. The lowest BCUT2D eigenvalue weighted by molar-refractivity contribution is -0.144. The van der Waals surface area contributed by atoms with Gasteiger partial charge < -0.3 is 9.84 Å². The highest BCUT2D eigenvalue weighted by Crippen LogP contribution is 2.43. The molecule has 4 atom stereocenters. The molecule has 0 aliphatic carbocycles. The van der Waals surface area contributed by atoms with Crippen LogP contribution in [-0.4, -0.2) is 23.3 Å². The van der Waals surface area contributed by atoms with E-state index in [0.717, 1.165) is 19.3 Å². The van der Waals surface area contributed by atoms with Crippen LogP contribution in [0.15, 0.2) is 12.2 Å². The molecule has 0 aromatic rings. The molecule has 2 aliphatic heterocycles. The molecule has 0 spiro atoms. The minimum Gasteiger partial charge on any atom is -0.481 e. The van der Waals surface area contributed by atoms with Crippen molar-refractivity contribution < 1.29 is 14.6 Å². The molecule has 2 fully saturated rings. The Kier molecular flexibility index (Phi) is 3.10. The van der Waals surface area contributed by atoms with Gasteiger partial charge >= 0.3 is 5.97 Å². The van der Waals surface area contributed by atoms with Crippen LogP contribution < -0.4 is 0 Å². The number of rotatable bonds is 4. The molecule has 2 rings (SSSR count). The van der Waals surface area contributed by atoms with Crippen LogP contribution in [0.1, 0.15) is 32.6 Å². The van der Waals surface area contributed by atoms with Crippen molar-refractivity contribution in [3.63, 3.8) is 0 Å². The van der Waals surface area contributed by atoms with Gasteiger partial charge in [0.15, 0.2) is 0 Å². The van der Waals surface area contributed by atoms with E-state index in [1.807, 2.05) is 19.1 Å². The van der Waals surface area contributed by atoms with Gasteiger partial charge in [-0.1, -0.05) is 12.2 Å². The minimum absolute atomic E-state index is 0.210. The molecule has 2 saturated heterocycles. The van der Waals surface area contributed by atoms with E-state index in [0.29, 0.717) is 12.5 Å². The summed E-state index contributed by atoms with van der Waals surface area (Å²) in [5.74, 6) is -0.691. The Morgan fingerprint density at radius 3 is 2.87 bits per heavy atom. The van der Waals surface area contributed by atoms with E-state index < -0.39 is 5.97 Å². The molecular formula is C12H18O3. The number of allylic oxidation sites excluding steroid dienone is 2. The van der Waals surface area contributed by atoms with E-state index in [9.17, 15) is 9.90 Å². The molecule has 15 heavy (non-hydrogen) atoms. The molecule has 3 nitrogen and oxygen atoms in total. The fourth-order valence-corrected chi connectivity index (χ4v) is 2.84. The standard InChI is InChI=1S/C12H18O3/c1-2-3-4-9(12(13)14)10-7-8-5-6-11(10)15-8/h2-3,8-11H,4-7H2,1H3,(H,13,14). The fourth-order valence-electron chi connectivity index (χ4n) is 2.84. The predicted molar refractivity (Wildman–Crippen MR) is 56.6 cm³/mol. The third kappa shape index (κ3) is 2.07. The Morgan fingerprint density at radius 2 is 2.40 bits per heavy atom. The van der Waals surface area contributed by atoms with Crippen molar-refractivity contribution in [1.29, 1.82) is 0 Å². The van der Waals surface area contributed by atoms with Crippen molar-refractivity contribution in [1.82, 2.24) is 0 Å². The largest absolute Gasteiger partial charge is 0.481 e. The first kappa shape index (κ1) is 10.7. The molecule has 3 heteroatoms. The van der Waals surface area contributed by atoms with Crippen LogP contribution in [0.5, 0.6) is 0 Å². The fraction of sp³-hybridized carbons (Fsp3) is 0.750. The van der Waals surface area contributed by atoms with E-state index in [1.165, 1.54) is 0 Å². The lowest BCUT2D eigenvalue weighted by Gasteiger charge is -2.24. The maximum Gasteiger partial charge on any atom is 0.307 e. The highest BCUT2D eigenvalue weighted by Gasteiger charge is 2.45. The van der Waals surface area contributed by atoms with E-state index in [2.05, 4.69) is 0 Å². The first-order valence-corrected chi connectivity index (χ1v) is 5.71. The van der Waals surface area contributed by atoms with Crippen molar-refractivity contribution in [2.45, 2.75) is 44.8 Å². The van der Waals surface area contributed by atoms with Crippen molar-refractivity contribution in [3.05, 3.63) is 12.2 Å². The lowest BCUT2D eigenvalue weighted by Crippen LogP contribution is -2.30. The van der Waals surface area contributed by atoms with E-state index in [4.69, 9.17) is 4.74 Å². The second-order valence-corrected chi connectivity index (χ2v) is 4.52. The van der Waals surface area contributed by atoms with Crippen molar-refractivity contribution in [2.75, 3.05) is 0 Å². The highest BCUT2D eigenvalue weighted by atomic mass is 16.5. The number of fused-ring (bicyclic) bond motifs is 2. The zero-order valence-corrected chi connectivity index (χ0v) is 9.06. The second kappa shape index (κ2) is 4.35. The van der Waals surface area contributed by atoms with Gasteiger partial charge in [0.1, 0.15) is 0 Å². The monoisotopic (exact) mass is 210 g/mol. The van der Waals surface area contributed by atoms with E-state index >= 15 is 0 Å². The number of aliphatic carboxylic acids is 1. The van der Waals surface area contributed by atoms with Crippen LogP contribution in [-0.2, 0) is 9.53 Å². The molecule has 0 radical (unpaired) electrons.